The Balaban J connectivity index is 1.54. The van der Waals surface area contributed by atoms with Crippen LogP contribution in [0.1, 0.15) is 37.4 Å². The molecule has 12 nitrogen and oxygen atoms in total. The zero-order chi connectivity index (χ0) is 31.8. The van der Waals surface area contributed by atoms with E-state index in [0.717, 1.165) is 28.3 Å². The van der Waals surface area contributed by atoms with Crippen LogP contribution in [-0.4, -0.2) is 86.5 Å². The van der Waals surface area contributed by atoms with Crippen LogP contribution in [0.15, 0.2) is 29.1 Å². The fourth-order valence-corrected chi connectivity index (χ4v) is 5.56. The van der Waals surface area contributed by atoms with E-state index in [1.165, 1.54) is 11.8 Å². The average molecular weight is 638 g/mol. The summed E-state index contributed by atoms with van der Waals surface area (Å²) < 4.78 is 47.4. The number of anilines is 2. The molecule has 236 valence electrons. The molecule has 2 N–H and O–H groups in total. The molecule has 2 aliphatic rings. The Kier molecular flexibility index (Phi) is 9.00. The quantitative estimate of drug-likeness (QED) is 0.404. The number of nitrogens with one attached hydrogen (secondary N) is 1. The van der Waals surface area contributed by atoms with Gasteiger partial charge >= 0.3 is 6.18 Å². The molecular weight excluding hydrogens is 607 g/mol. The van der Waals surface area contributed by atoms with Crippen molar-refractivity contribution in [3.63, 3.8) is 0 Å². The molecule has 3 aromatic rings. The van der Waals surface area contributed by atoms with E-state index in [1.54, 1.807) is 4.57 Å². The Bertz CT molecular complexity index is 1680. The Morgan fingerprint density at radius 3 is 2.52 bits per heavy atom. The van der Waals surface area contributed by atoms with Crippen molar-refractivity contribution < 1.29 is 32.6 Å². The first-order valence-corrected chi connectivity index (χ1v) is 14.4. The molecule has 1 fully saturated rings. The number of aromatic nitrogens is 4. The zero-order valence-electron chi connectivity index (χ0n) is 24.0. The standard InChI is InChI=1S/C28H31ClF3N7O5/c1-3-21-23(36-8-10-37(11-9-36)25(42)16(2)40)26(43)39-27(34-24(35-39)17-6-12-44-13-7-17)38(21)15-22(41)33-20-5-4-18(14-19(20)29)28(30,31)32/h4-6,14,16,40H,3,7-13,15H2,1-2H3,(H,33,41). The van der Waals surface area contributed by atoms with Gasteiger partial charge in [-0.05, 0) is 43.5 Å². The van der Waals surface area contributed by atoms with Gasteiger partial charge < -0.3 is 29.5 Å². The van der Waals surface area contributed by atoms with Gasteiger partial charge in [-0.25, -0.2) is 0 Å². The Labute approximate surface area is 254 Å². The molecule has 5 rings (SSSR count). The highest BCUT2D eigenvalue weighted by molar-refractivity contribution is 6.33. The molecule has 1 atom stereocenters. The number of aliphatic hydroxyl groups excluding tert-OH is 1. The number of fused-ring (bicyclic) bond motifs is 1. The van der Waals surface area contributed by atoms with Gasteiger partial charge in [-0.1, -0.05) is 24.6 Å². The molecule has 2 aliphatic heterocycles. The van der Waals surface area contributed by atoms with E-state index in [1.807, 2.05) is 17.9 Å². The molecule has 0 saturated carbocycles. The lowest BCUT2D eigenvalue weighted by Crippen LogP contribution is -2.52. The van der Waals surface area contributed by atoms with Gasteiger partial charge in [0.25, 0.3) is 11.5 Å². The third-order valence-electron chi connectivity index (χ3n) is 7.55. The number of alkyl halides is 3. The van der Waals surface area contributed by atoms with E-state index in [4.69, 9.17) is 16.3 Å². The van der Waals surface area contributed by atoms with Crippen LogP contribution in [0.4, 0.5) is 24.5 Å². The number of carbonyl (C=O) groups excluding carboxylic acids is 2. The highest BCUT2D eigenvalue weighted by atomic mass is 35.5. The van der Waals surface area contributed by atoms with Crippen molar-refractivity contribution in [3.8, 4) is 0 Å². The van der Waals surface area contributed by atoms with Crippen molar-refractivity contribution in [2.24, 2.45) is 0 Å². The van der Waals surface area contributed by atoms with Crippen LogP contribution in [0.5, 0.6) is 0 Å². The van der Waals surface area contributed by atoms with Crippen LogP contribution in [0.25, 0.3) is 11.4 Å². The number of rotatable bonds is 7. The van der Waals surface area contributed by atoms with Gasteiger partial charge in [-0.2, -0.15) is 22.7 Å². The molecule has 1 aromatic carbocycles. The highest BCUT2D eigenvalue weighted by Gasteiger charge is 2.32. The lowest BCUT2D eigenvalue weighted by Gasteiger charge is -2.37. The van der Waals surface area contributed by atoms with Gasteiger partial charge in [0, 0.05) is 26.2 Å². The number of carbonyl (C=O) groups is 2. The van der Waals surface area contributed by atoms with E-state index in [2.05, 4.69) is 15.4 Å². The maximum absolute atomic E-state index is 13.9. The Morgan fingerprint density at radius 2 is 1.93 bits per heavy atom. The fraction of sp³-hybridized carbons (Fsp3) is 0.464. The highest BCUT2D eigenvalue weighted by Crippen LogP contribution is 2.34. The van der Waals surface area contributed by atoms with E-state index in [-0.39, 0.29) is 36.1 Å². The number of piperazine rings is 1. The third kappa shape index (κ3) is 6.30. The molecule has 0 aliphatic carbocycles. The zero-order valence-corrected chi connectivity index (χ0v) is 24.8. The fourth-order valence-electron chi connectivity index (χ4n) is 5.34. The summed E-state index contributed by atoms with van der Waals surface area (Å²) in [4.78, 5) is 47.6. The lowest BCUT2D eigenvalue weighted by atomic mass is 10.1. The maximum atomic E-state index is 13.9. The van der Waals surface area contributed by atoms with Crippen molar-refractivity contribution in [2.75, 3.05) is 49.6 Å². The number of benzene rings is 1. The first-order valence-electron chi connectivity index (χ1n) is 14.1. The summed E-state index contributed by atoms with van der Waals surface area (Å²) in [5.74, 6) is -0.580. The largest absolute Gasteiger partial charge is 0.416 e. The van der Waals surface area contributed by atoms with E-state index in [0.29, 0.717) is 56.4 Å². The molecule has 0 spiro atoms. The minimum atomic E-state index is -4.60. The summed E-state index contributed by atoms with van der Waals surface area (Å²) in [6.07, 6.45) is -3.07. The number of nitrogens with zero attached hydrogens (tertiary/aromatic N) is 6. The van der Waals surface area contributed by atoms with Crippen molar-refractivity contribution in [1.29, 1.82) is 0 Å². The normalized spacial score (nSPS) is 16.7. The summed E-state index contributed by atoms with van der Waals surface area (Å²) >= 11 is 6.07. The molecule has 0 radical (unpaired) electrons. The number of aliphatic hydroxyl groups is 1. The second-order valence-electron chi connectivity index (χ2n) is 10.5. The number of hydrogen-bond acceptors (Lipinski definition) is 8. The van der Waals surface area contributed by atoms with Gasteiger partial charge in [0.2, 0.25) is 11.7 Å². The molecule has 1 saturated heterocycles. The van der Waals surface area contributed by atoms with Crippen LogP contribution >= 0.6 is 11.6 Å². The van der Waals surface area contributed by atoms with Gasteiger partial charge in [0.1, 0.15) is 18.3 Å². The predicted octanol–water partition coefficient (Wildman–Crippen LogP) is 2.60. The van der Waals surface area contributed by atoms with Crippen LogP contribution in [0.2, 0.25) is 5.02 Å². The van der Waals surface area contributed by atoms with Crippen molar-refractivity contribution in [1.82, 2.24) is 24.1 Å². The monoisotopic (exact) mass is 637 g/mol. The maximum Gasteiger partial charge on any atom is 0.416 e. The Morgan fingerprint density at radius 1 is 1.20 bits per heavy atom. The van der Waals surface area contributed by atoms with Gasteiger partial charge in [-0.15, -0.1) is 5.10 Å². The summed E-state index contributed by atoms with van der Waals surface area (Å²) in [5.41, 5.74) is 0.175. The second kappa shape index (κ2) is 12.6. The molecular formula is C28H31ClF3N7O5. The smallest absolute Gasteiger partial charge is 0.384 e. The first-order chi connectivity index (χ1) is 20.9. The summed E-state index contributed by atoms with van der Waals surface area (Å²) in [6.45, 7) is 4.83. The SMILES string of the molecule is CCc1c(N2CCN(C(=O)C(C)O)CC2)c(=O)n2nc(C3=CCOCC3)nc2n1CC(=O)Nc1ccc(C(F)(F)F)cc1Cl. The molecule has 44 heavy (non-hydrogen) atoms. The molecule has 4 heterocycles. The van der Waals surface area contributed by atoms with Crippen LogP contribution in [-0.2, 0) is 33.5 Å². The average Bonchev–Trinajstić information content (AvgIpc) is 3.45. The summed E-state index contributed by atoms with van der Waals surface area (Å²) in [6, 6.07) is 2.64. The van der Waals surface area contributed by atoms with Crippen LogP contribution in [0.3, 0.4) is 0 Å². The number of halogens is 4. The molecule has 16 heteroatoms. The number of hydrogen-bond donors (Lipinski definition) is 2. The van der Waals surface area contributed by atoms with Crippen LogP contribution < -0.4 is 15.8 Å². The number of ether oxygens (including phenoxy) is 1. The van der Waals surface area contributed by atoms with Gasteiger partial charge in [-0.3, -0.25) is 14.4 Å². The van der Waals surface area contributed by atoms with Crippen molar-refractivity contribution >= 4 is 46.1 Å². The summed E-state index contributed by atoms with van der Waals surface area (Å²) in [7, 11) is 0. The van der Waals surface area contributed by atoms with E-state index < -0.39 is 35.2 Å². The summed E-state index contributed by atoms with van der Waals surface area (Å²) in [5, 5.41) is 16.5. The van der Waals surface area contributed by atoms with E-state index >= 15 is 0 Å². The van der Waals surface area contributed by atoms with E-state index in [9.17, 15) is 32.7 Å². The van der Waals surface area contributed by atoms with Crippen LogP contribution in [0, 0.1) is 0 Å². The lowest BCUT2D eigenvalue weighted by molar-refractivity contribution is -0.139. The van der Waals surface area contributed by atoms with Gasteiger partial charge in [0.05, 0.1) is 35.2 Å². The third-order valence-corrected chi connectivity index (χ3v) is 7.86. The molecule has 0 bridgehead atoms. The second-order valence-corrected chi connectivity index (χ2v) is 10.9. The van der Waals surface area contributed by atoms with Crippen molar-refractivity contribution in [2.45, 2.75) is 45.5 Å². The number of amides is 2. The Hall–Kier alpha value is -3.95. The van der Waals surface area contributed by atoms with Crippen molar-refractivity contribution in [3.05, 3.63) is 56.7 Å². The molecule has 2 aromatic heterocycles. The van der Waals surface area contributed by atoms with Gasteiger partial charge in [0.15, 0.2) is 5.82 Å². The predicted molar refractivity (Wildman–Crippen MR) is 156 cm³/mol. The first kappa shape index (κ1) is 31.5. The minimum Gasteiger partial charge on any atom is -0.384 e. The minimum absolute atomic E-state index is 0.00609. The molecule has 2 amide bonds. The topological polar surface area (TPSA) is 134 Å². The molecule has 1 unspecified atom stereocenters.